The van der Waals surface area contributed by atoms with E-state index in [0.29, 0.717) is 5.92 Å². The predicted octanol–water partition coefficient (Wildman–Crippen LogP) is 6.68. The van der Waals surface area contributed by atoms with Crippen molar-refractivity contribution in [2.24, 2.45) is 0 Å². The average Bonchev–Trinajstić information content (AvgIpc) is 2.57. The molecule has 0 saturated heterocycles. The molecular weight excluding hydrogens is 288 g/mol. The van der Waals surface area contributed by atoms with Crippen LogP contribution in [0, 0.1) is 20.8 Å². The van der Waals surface area contributed by atoms with Crippen LogP contribution < -0.4 is 0 Å². The number of aryl methyl sites for hydroxylation is 3. The molecule has 1 atom stereocenters. The largest absolute Gasteiger partial charge is 0.0800 e. The van der Waals surface area contributed by atoms with E-state index in [1.54, 1.807) is 5.56 Å². The molecule has 2 aliphatic rings. The van der Waals surface area contributed by atoms with Crippen molar-refractivity contribution >= 4 is 16.3 Å². The molecule has 0 radical (unpaired) electrons. The summed E-state index contributed by atoms with van der Waals surface area (Å²) in [4.78, 5) is 0. The van der Waals surface area contributed by atoms with Crippen LogP contribution in [0.1, 0.15) is 52.6 Å². The molecule has 0 nitrogen and oxygen atoms in total. The minimum atomic E-state index is 0.510. The van der Waals surface area contributed by atoms with Crippen LogP contribution in [0.2, 0.25) is 0 Å². The van der Waals surface area contributed by atoms with Crippen molar-refractivity contribution < 1.29 is 0 Å². The summed E-state index contributed by atoms with van der Waals surface area (Å²) in [5, 5.41) is 2.96. The summed E-state index contributed by atoms with van der Waals surface area (Å²) in [5.41, 5.74) is 13.1. The van der Waals surface area contributed by atoms with Crippen molar-refractivity contribution in [2.45, 2.75) is 40.0 Å². The van der Waals surface area contributed by atoms with Gasteiger partial charge in [-0.25, -0.2) is 0 Å². The smallest absolute Gasteiger partial charge is 0.0143 e. The van der Waals surface area contributed by atoms with Gasteiger partial charge in [0.05, 0.1) is 0 Å². The molecule has 2 aliphatic carbocycles. The first-order valence-electron chi connectivity index (χ1n) is 8.91. The van der Waals surface area contributed by atoms with Crippen molar-refractivity contribution in [3.05, 3.63) is 75.9 Å². The number of rotatable bonds is 0. The Bertz CT molecular complexity index is 1060. The first-order chi connectivity index (χ1) is 11.6. The number of allylic oxidation sites excluding steroid dienone is 2. The van der Waals surface area contributed by atoms with E-state index in [9.17, 15) is 0 Å². The maximum absolute atomic E-state index is 2.44. The van der Waals surface area contributed by atoms with Crippen LogP contribution in [0.3, 0.4) is 0 Å². The highest BCUT2D eigenvalue weighted by atomic mass is 14.4. The van der Waals surface area contributed by atoms with E-state index in [4.69, 9.17) is 0 Å². The van der Waals surface area contributed by atoms with E-state index >= 15 is 0 Å². The van der Waals surface area contributed by atoms with Crippen LogP contribution in [0.15, 0.2) is 42.5 Å². The third-order valence-corrected chi connectivity index (χ3v) is 6.13. The molecule has 0 heterocycles. The molecule has 24 heavy (non-hydrogen) atoms. The first kappa shape index (κ1) is 14.0. The topological polar surface area (TPSA) is 0 Å². The number of fused-ring (bicyclic) bond motifs is 2. The molecule has 0 fully saturated rings. The summed E-state index contributed by atoms with van der Waals surface area (Å²) in [6, 6.07) is 14.0. The van der Waals surface area contributed by atoms with Gasteiger partial charge in [-0.15, -0.1) is 0 Å². The fourth-order valence-corrected chi connectivity index (χ4v) is 5.06. The van der Waals surface area contributed by atoms with Crippen molar-refractivity contribution in [3.63, 3.8) is 0 Å². The lowest BCUT2D eigenvalue weighted by Gasteiger charge is -2.34. The lowest BCUT2D eigenvalue weighted by Crippen LogP contribution is -2.15. The van der Waals surface area contributed by atoms with Gasteiger partial charge in [0, 0.05) is 5.92 Å². The average molecular weight is 310 g/mol. The van der Waals surface area contributed by atoms with E-state index in [1.807, 2.05) is 0 Å². The van der Waals surface area contributed by atoms with Crippen LogP contribution in [0.25, 0.3) is 27.5 Å². The Morgan fingerprint density at radius 1 is 0.708 bits per heavy atom. The zero-order valence-corrected chi connectivity index (χ0v) is 14.8. The second kappa shape index (κ2) is 4.60. The fourth-order valence-electron chi connectivity index (χ4n) is 5.06. The van der Waals surface area contributed by atoms with Crippen LogP contribution in [-0.4, -0.2) is 0 Å². The van der Waals surface area contributed by atoms with Crippen LogP contribution in [0.5, 0.6) is 0 Å². The monoisotopic (exact) mass is 310 g/mol. The maximum Gasteiger partial charge on any atom is 0.0143 e. The molecule has 118 valence electrons. The van der Waals surface area contributed by atoms with Crippen molar-refractivity contribution in [3.8, 4) is 11.1 Å². The van der Waals surface area contributed by atoms with Crippen LogP contribution >= 0.6 is 0 Å². The SMILES string of the molecule is CC1=CCC2c3c(ccc(C)c31)-c1ccc(C)c3c(C)ccc2c13. The third kappa shape index (κ3) is 1.59. The highest BCUT2D eigenvalue weighted by molar-refractivity contribution is 6.06. The van der Waals surface area contributed by atoms with E-state index in [-0.39, 0.29) is 0 Å². The summed E-state index contributed by atoms with van der Waals surface area (Å²) in [7, 11) is 0. The minimum Gasteiger partial charge on any atom is -0.0800 e. The third-order valence-electron chi connectivity index (χ3n) is 6.13. The number of hydrogen-bond donors (Lipinski definition) is 0. The molecule has 0 amide bonds. The van der Waals surface area contributed by atoms with E-state index in [0.717, 1.165) is 6.42 Å². The molecule has 0 heteroatoms. The molecule has 5 rings (SSSR count). The molecule has 3 aromatic carbocycles. The highest BCUT2D eigenvalue weighted by Crippen LogP contribution is 2.52. The fraction of sp³-hybridized carbons (Fsp3) is 0.250. The van der Waals surface area contributed by atoms with Gasteiger partial charge in [-0.3, -0.25) is 0 Å². The van der Waals surface area contributed by atoms with Crippen molar-refractivity contribution in [2.75, 3.05) is 0 Å². The Morgan fingerprint density at radius 3 is 2.17 bits per heavy atom. The van der Waals surface area contributed by atoms with Gasteiger partial charge >= 0.3 is 0 Å². The standard InChI is InChI=1S/C24H22/c1-13-5-9-17-19-11-7-15(3)22-16(4)8-12-20(24(19)22)18-10-6-14(2)21(13)23(17)18/h5-11,20H,12H2,1-4H3. The van der Waals surface area contributed by atoms with E-state index < -0.39 is 0 Å². The van der Waals surface area contributed by atoms with Gasteiger partial charge in [-0.05, 0) is 95.0 Å². The summed E-state index contributed by atoms with van der Waals surface area (Å²) in [6.45, 7) is 9.02. The lowest BCUT2D eigenvalue weighted by molar-refractivity contribution is 0.816. The van der Waals surface area contributed by atoms with Gasteiger partial charge in [-0.1, -0.05) is 42.5 Å². The second-order valence-corrected chi connectivity index (χ2v) is 7.55. The zero-order chi connectivity index (χ0) is 16.6. The van der Waals surface area contributed by atoms with Gasteiger partial charge in [0.2, 0.25) is 0 Å². The van der Waals surface area contributed by atoms with Gasteiger partial charge in [0.25, 0.3) is 0 Å². The number of benzene rings is 3. The first-order valence-corrected chi connectivity index (χ1v) is 8.91. The van der Waals surface area contributed by atoms with Gasteiger partial charge in [0.15, 0.2) is 0 Å². The maximum atomic E-state index is 2.44. The lowest BCUT2D eigenvalue weighted by atomic mass is 9.69. The predicted molar refractivity (Wildman–Crippen MR) is 104 cm³/mol. The van der Waals surface area contributed by atoms with E-state index in [2.05, 4.69) is 70.2 Å². The molecule has 0 saturated carbocycles. The molecule has 0 N–H and O–H groups in total. The molecule has 1 unspecified atom stereocenters. The second-order valence-electron chi connectivity index (χ2n) is 7.55. The number of hydrogen-bond acceptors (Lipinski definition) is 0. The molecule has 3 aromatic rings. The Kier molecular flexibility index (Phi) is 2.69. The summed E-state index contributed by atoms with van der Waals surface area (Å²) in [5.74, 6) is 0.510. The molecule has 0 aliphatic heterocycles. The normalized spacial score (nSPS) is 17.7. The Labute approximate surface area is 143 Å². The highest BCUT2D eigenvalue weighted by Gasteiger charge is 2.32. The Balaban J connectivity index is 2.02. The molecule has 0 spiro atoms. The van der Waals surface area contributed by atoms with Gasteiger partial charge in [0.1, 0.15) is 0 Å². The molecule has 0 bridgehead atoms. The summed E-state index contributed by atoms with van der Waals surface area (Å²) < 4.78 is 0. The van der Waals surface area contributed by atoms with Crippen molar-refractivity contribution in [1.82, 2.24) is 0 Å². The van der Waals surface area contributed by atoms with Gasteiger partial charge in [-0.2, -0.15) is 0 Å². The summed E-state index contributed by atoms with van der Waals surface area (Å²) >= 11 is 0. The zero-order valence-electron chi connectivity index (χ0n) is 14.8. The van der Waals surface area contributed by atoms with Gasteiger partial charge < -0.3 is 0 Å². The van der Waals surface area contributed by atoms with Crippen LogP contribution in [-0.2, 0) is 0 Å². The quantitative estimate of drug-likeness (QED) is 0.434. The van der Waals surface area contributed by atoms with E-state index in [1.165, 1.54) is 55.3 Å². The Morgan fingerprint density at radius 2 is 1.38 bits per heavy atom. The summed E-state index contributed by atoms with van der Waals surface area (Å²) in [6.07, 6.45) is 3.57. The minimum absolute atomic E-state index is 0.510. The van der Waals surface area contributed by atoms with Crippen LogP contribution in [0.4, 0.5) is 0 Å². The van der Waals surface area contributed by atoms with Crippen molar-refractivity contribution in [1.29, 1.82) is 0 Å². The Hall–Kier alpha value is -2.34. The molecule has 0 aromatic heterocycles. The molecular formula is C24H22.